The number of pyridine rings is 1. The van der Waals surface area contributed by atoms with Crippen LogP contribution in [-0.2, 0) is 0 Å². The molecule has 2 aromatic carbocycles. The van der Waals surface area contributed by atoms with Crippen molar-refractivity contribution in [1.82, 2.24) is 14.9 Å². The molecule has 34 heavy (non-hydrogen) atoms. The predicted molar refractivity (Wildman–Crippen MR) is 139 cm³/mol. The number of hydrogen-bond acceptors (Lipinski definition) is 2. The largest absolute Gasteiger partial charge is 0.351 e. The first kappa shape index (κ1) is 22.3. The standard InChI is InChI=1S/C28H27FN4S/c1-17-12-18(2)14-23(13-17)33-27(26(31-28(33)34)25-10-5-6-11-30-25)24-15-19(3)32(20(24)4)22-9-7-8-21(29)16-22/h5-16,26-27H,1-4H3,(H,31,34)/t26-,27+/m1/s1. The third kappa shape index (κ3) is 3.88. The van der Waals surface area contributed by atoms with Gasteiger partial charge in [0, 0.05) is 29.0 Å². The van der Waals surface area contributed by atoms with Crippen molar-refractivity contribution in [2.75, 3.05) is 4.90 Å². The summed E-state index contributed by atoms with van der Waals surface area (Å²) in [6.45, 7) is 8.34. The van der Waals surface area contributed by atoms with Crippen molar-refractivity contribution in [2.24, 2.45) is 0 Å². The van der Waals surface area contributed by atoms with E-state index in [9.17, 15) is 4.39 Å². The molecule has 1 saturated heterocycles. The molecule has 172 valence electrons. The SMILES string of the molecule is Cc1cc(C)cc(N2C(=S)N[C@H](c3ccccn3)[C@@H]2c2cc(C)n(-c3cccc(F)c3)c2C)c1. The zero-order chi connectivity index (χ0) is 24.0. The molecular formula is C28H27FN4S. The van der Waals surface area contributed by atoms with Gasteiger partial charge in [0.25, 0.3) is 0 Å². The highest BCUT2D eigenvalue weighted by atomic mass is 32.1. The number of rotatable bonds is 4. The first-order valence-corrected chi connectivity index (χ1v) is 11.8. The van der Waals surface area contributed by atoms with Gasteiger partial charge in [0.15, 0.2) is 5.11 Å². The molecule has 5 rings (SSSR count). The summed E-state index contributed by atoms with van der Waals surface area (Å²) in [5.41, 5.74) is 8.37. The molecule has 0 saturated carbocycles. The molecule has 4 aromatic rings. The number of aromatic nitrogens is 2. The van der Waals surface area contributed by atoms with Crippen LogP contribution in [0, 0.1) is 33.5 Å². The van der Waals surface area contributed by atoms with Crippen LogP contribution in [-0.4, -0.2) is 14.7 Å². The Bertz CT molecular complexity index is 1360. The highest BCUT2D eigenvalue weighted by molar-refractivity contribution is 7.80. The number of nitrogens with zero attached hydrogens (tertiary/aromatic N) is 3. The molecule has 0 unspecified atom stereocenters. The number of benzene rings is 2. The minimum absolute atomic E-state index is 0.114. The van der Waals surface area contributed by atoms with Gasteiger partial charge in [0.05, 0.1) is 17.8 Å². The lowest BCUT2D eigenvalue weighted by molar-refractivity contribution is 0.565. The van der Waals surface area contributed by atoms with Crippen molar-refractivity contribution in [1.29, 1.82) is 0 Å². The van der Waals surface area contributed by atoms with Crippen LogP contribution in [0.1, 0.15) is 45.9 Å². The van der Waals surface area contributed by atoms with E-state index in [1.54, 1.807) is 12.1 Å². The van der Waals surface area contributed by atoms with Gasteiger partial charge < -0.3 is 14.8 Å². The van der Waals surface area contributed by atoms with Crippen molar-refractivity contribution >= 4 is 23.0 Å². The first-order chi connectivity index (χ1) is 16.3. The molecule has 0 spiro atoms. The molecule has 2 atom stereocenters. The molecule has 0 radical (unpaired) electrons. The van der Waals surface area contributed by atoms with E-state index in [-0.39, 0.29) is 17.9 Å². The summed E-state index contributed by atoms with van der Waals surface area (Å²) in [6, 6.07) is 21.1. The van der Waals surface area contributed by atoms with Gasteiger partial charge in [-0.1, -0.05) is 18.2 Å². The third-order valence-electron chi connectivity index (χ3n) is 6.44. The van der Waals surface area contributed by atoms with E-state index < -0.39 is 0 Å². The lowest BCUT2D eigenvalue weighted by Gasteiger charge is -2.29. The number of thiocarbonyl (C=S) groups is 1. The summed E-state index contributed by atoms with van der Waals surface area (Å²) in [6.07, 6.45) is 1.81. The van der Waals surface area contributed by atoms with Crippen molar-refractivity contribution in [3.8, 4) is 5.69 Å². The summed E-state index contributed by atoms with van der Waals surface area (Å²) in [4.78, 5) is 6.86. The minimum atomic E-state index is -0.251. The molecule has 0 amide bonds. The summed E-state index contributed by atoms with van der Waals surface area (Å²) in [5, 5.41) is 4.20. The zero-order valence-electron chi connectivity index (χ0n) is 19.7. The Labute approximate surface area is 205 Å². The van der Waals surface area contributed by atoms with Gasteiger partial charge in [-0.2, -0.15) is 0 Å². The Morgan fingerprint density at radius 2 is 1.65 bits per heavy atom. The van der Waals surface area contributed by atoms with E-state index in [4.69, 9.17) is 12.2 Å². The van der Waals surface area contributed by atoms with Crippen molar-refractivity contribution in [3.05, 3.63) is 113 Å². The Morgan fingerprint density at radius 1 is 0.882 bits per heavy atom. The fraction of sp³-hybridized carbons (Fsp3) is 0.214. The lowest BCUT2D eigenvalue weighted by atomic mass is 9.96. The Morgan fingerprint density at radius 3 is 2.32 bits per heavy atom. The topological polar surface area (TPSA) is 33.1 Å². The van der Waals surface area contributed by atoms with E-state index in [1.165, 1.54) is 17.2 Å². The second kappa shape index (κ2) is 8.69. The number of hydrogen-bond donors (Lipinski definition) is 1. The third-order valence-corrected chi connectivity index (χ3v) is 6.75. The molecular weight excluding hydrogens is 443 g/mol. The Balaban J connectivity index is 1.70. The molecule has 2 aromatic heterocycles. The predicted octanol–water partition coefficient (Wildman–Crippen LogP) is 6.42. The Kier molecular flexibility index (Phi) is 5.70. The average molecular weight is 471 g/mol. The van der Waals surface area contributed by atoms with E-state index in [2.05, 4.69) is 71.7 Å². The van der Waals surface area contributed by atoms with Crippen LogP contribution in [0.25, 0.3) is 5.69 Å². The number of halogens is 1. The first-order valence-electron chi connectivity index (χ1n) is 11.4. The second-order valence-corrected chi connectivity index (χ2v) is 9.37. The fourth-order valence-electron chi connectivity index (χ4n) is 5.14. The molecule has 6 heteroatoms. The Hall–Kier alpha value is -3.51. The maximum Gasteiger partial charge on any atom is 0.174 e. The van der Waals surface area contributed by atoms with E-state index in [0.717, 1.165) is 34.0 Å². The van der Waals surface area contributed by atoms with Gasteiger partial charge in [-0.05, 0) is 105 Å². The molecule has 4 nitrogen and oxygen atoms in total. The van der Waals surface area contributed by atoms with Gasteiger partial charge in [-0.15, -0.1) is 0 Å². The molecule has 1 aliphatic rings. The summed E-state index contributed by atoms with van der Waals surface area (Å²) in [5.74, 6) is -0.251. The molecule has 0 aliphatic carbocycles. The molecule has 1 fully saturated rings. The fourth-order valence-corrected chi connectivity index (χ4v) is 5.48. The highest BCUT2D eigenvalue weighted by Gasteiger charge is 2.42. The summed E-state index contributed by atoms with van der Waals surface area (Å²) < 4.78 is 16.2. The van der Waals surface area contributed by atoms with Gasteiger partial charge in [-0.25, -0.2) is 4.39 Å². The summed E-state index contributed by atoms with van der Waals surface area (Å²) in [7, 11) is 0. The van der Waals surface area contributed by atoms with Crippen molar-refractivity contribution in [3.63, 3.8) is 0 Å². The normalized spacial score (nSPS) is 17.8. The van der Waals surface area contributed by atoms with Crippen LogP contribution in [0.4, 0.5) is 10.1 Å². The molecule has 1 aliphatic heterocycles. The van der Waals surface area contributed by atoms with Gasteiger partial charge in [-0.3, -0.25) is 4.98 Å². The maximum atomic E-state index is 14.1. The molecule has 3 heterocycles. The van der Waals surface area contributed by atoms with Crippen molar-refractivity contribution in [2.45, 2.75) is 39.8 Å². The van der Waals surface area contributed by atoms with Crippen LogP contribution in [0.15, 0.2) is 72.9 Å². The smallest absolute Gasteiger partial charge is 0.174 e. The van der Waals surface area contributed by atoms with E-state index in [1.807, 2.05) is 30.5 Å². The maximum absolute atomic E-state index is 14.1. The highest BCUT2D eigenvalue weighted by Crippen LogP contribution is 2.44. The van der Waals surface area contributed by atoms with E-state index in [0.29, 0.717) is 5.11 Å². The number of anilines is 1. The zero-order valence-corrected chi connectivity index (χ0v) is 20.5. The second-order valence-electron chi connectivity index (χ2n) is 8.98. The molecule has 0 bridgehead atoms. The number of nitrogens with one attached hydrogen (secondary N) is 1. The van der Waals surface area contributed by atoms with Gasteiger partial charge in [0.1, 0.15) is 5.82 Å². The quantitative estimate of drug-likeness (QED) is 0.349. The van der Waals surface area contributed by atoms with Crippen LogP contribution >= 0.6 is 12.2 Å². The van der Waals surface area contributed by atoms with E-state index >= 15 is 0 Å². The van der Waals surface area contributed by atoms with Crippen LogP contribution in [0.5, 0.6) is 0 Å². The monoisotopic (exact) mass is 470 g/mol. The lowest BCUT2D eigenvalue weighted by Crippen LogP contribution is -2.29. The van der Waals surface area contributed by atoms with Crippen LogP contribution < -0.4 is 10.2 Å². The molecule has 1 N–H and O–H groups in total. The summed E-state index contributed by atoms with van der Waals surface area (Å²) >= 11 is 5.89. The van der Waals surface area contributed by atoms with Crippen molar-refractivity contribution < 1.29 is 4.39 Å². The van der Waals surface area contributed by atoms with Gasteiger partial charge in [0.2, 0.25) is 0 Å². The minimum Gasteiger partial charge on any atom is -0.351 e. The number of aryl methyl sites for hydroxylation is 3. The average Bonchev–Trinajstić information content (AvgIpc) is 3.29. The van der Waals surface area contributed by atoms with Gasteiger partial charge >= 0.3 is 0 Å². The van der Waals surface area contributed by atoms with Crippen LogP contribution in [0.2, 0.25) is 0 Å². The van der Waals surface area contributed by atoms with Crippen LogP contribution in [0.3, 0.4) is 0 Å².